The Morgan fingerprint density at radius 3 is 2.51 bits per heavy atom. The summed E-state index contributed by atoms with van der Waals surface area (Å²) < 4.78 is 0. The van der Waals surface area contributed by atoms with Crippen LogP contribution in [0.1, 0.15) is 46.8 Å². The van der Waals surface area contributed by atoms with Crippen molar-refractivity contribution in [2.45, 2.75) is 31.6 Å². The molecule has 1 amide bonds. The van der Waals surface area contributed by atoms with E-state index in [2.05, 4.69) is 4.85 Å². The van der Waals surface area contributed by atoms with Crippen LogP contribution in [0.4, 0.5) is 5.69 Å². The van der Waals surface area contributed by atoms with E-state index in [1.165, 1.54) is 0 Å². The quantitative estimate of drug-likeness (QED) is 0.246. The average Bonchev–Trinajstić information content (AvgIpc) is 2.90. The number of hydrogen-bond acceptors (Lipinski definition) is 4. The minimum Gasteiger partial charge on any atom is -0.481 e. The van der Waals surface area contributed by atoms with E-state index in [0.717, 1.165) is 22.5 Å². The molecular weight excluding hydrogens is 464 g/mol. The second-order valence-electron chi connectivity index (χ2n) is 9.30. The van der Waals surface area contributed by atoms with Gasteiger partial charge in [-0.1, -0.05) is 60.2 Å². The normalized spacial score (nSPS) is 13.2. The van der Waals surface area contributed by atoms with E-state index in [1.54, 1.807) is 18.2 Å². The zero-order chi connectivity index (χ0) is 25.8. The largest absolute Gasteiger partial charge is 0.481 e. The number of aliphatic carboxylic acids is 1. The van der Waals surface area contributed by atoms with E-state index < -0.39 is 5.97 Å². The Kier molecular flexibility index (Phi) is 6.91. The number of hydrogen-bond donors (Lipinski definition) is 1. The fraction of sp³-hybridized carbons (Fsp3) is 0.233. The molecule has 5 rings (SSSR count). The highest BCUT2D eigenvalue weighted by atomic mass is 16.4. The molecule has 3 aromatic carbocycles. The molecule has 0 saturated carbocycles. The number of nitrogens with zero attached hydrogens (tertiary/aromatic N) is 4. The Balaban J connectivity index is 1.37. The number of amides is 1. The lowest BCUT2D eigenvalue weighted by atomic mass is 9.90. The van der Waals surface area contributed by atoms with Gasteiger partial charge in [-0.25, -0.2) is 14.8 Å². The van der Waals surface area contributed by atoms with Crippen LogP contribution in [-0.2, 0) is 11.2 Å². The molecular formula is C30H26N4O3. The van der Waals surface area contributed by atoms with E-state index in [4.69, 9.17) is 21.6 Å². The number of carbonyl (C=O) groups excluding carboxylic acids is 1. The molecule has 2 heterocycles. The molecule has 1 N–H and O–H groups in total. The fourth-order valence-electron chi connectivity index (χ4n) is 4.68. The number of aryl methyl sites for hydroxylation is 1. The first-order chi connectivity index (χ1) is 18.0. The number of likely N-dealkylation sites (tertiary alicyclic amines) is 1. The molecule has 184 valence electrons. The minimum atomic E-state index is -0.802. The van der Waals surface area contributed by atoms with Crippen molar-refractivity contribution in [1.82, 2.24) is 14.9 Å². The Morgan fingerprint density at radius 2 is 1.76 bits per heavy atom. The lowest BCUT2D eigenvalue weighted by Crippen LogP contribution is -2.48. The molecule has 1 aliphatic rings. The standard InChI is InChI=1S/C30H26N4O3/c1-31-24-11-7-10-21(16-24)23-18-34(19-23)30(37)22-14-15-25-27(17-22)32-26(12-5-6-13-28(35)36)29(33-25)20-8-3-2-4-9-20/h2-4,7-11,14-17,23H,5-6,12-13,18-19H2,(H,35,36). The number of carboxylic acid groups (broad SMARTS) is 1. The lowest BCUT2D eigenvalue weighted by Gasteiger charge is -2.39. The maximum atomic E-state index is 13.2. The molecule has 0 bridgehead atoms. The number of rotatable bonds is 8. The Bertz CT molecular complexity index is 1500. The number of carboxylic acids is 1. The van der Waals surface area contributed by atoms with E-state index in [0.29, 0.717) is 54.6 Å². The van der Waals surface area contributed by atoms with Gasteiger partial charge in [0.25, 0.3) is 5.91 Å². The van der Waals surface area contributed by atoms with E-state index in [9.17, 15) is 9.59 Å². The highest BCUT2D eigenvalue weighted by molar-refractivity contribution is 5.98. The second-order valence-corrected chi connectivity index (χ2v) is 9.30. The van der Waals surface area contributed by atoms with Crippen molar-refractivity contribution < 1.29 is 14.7 Å². The number of fused-ring (bicyclic) bond motifs is 1. The maximum Gasteiger partial charge on any atom is 0.303 e. The van der Waals surface area contributed by atoms with Crippen LogP contribution in [0, 0.1) is 6.57 Å². The third kappa shape index (κ3) is 5.34. The summed E-state index contributed by atoms with van der Waals surface area (Å²) >= 11 is 0. The molecule has 1 aliphatic heterocycles. The molecule has 1 aromatic heterocycles. The molecule has 0 atom stereocenters. The number of benzene rings is 3. The highest BCUT2D eigenvalue weighted by Crippen LogP contribution is 2.31. The molecule has 1 fully saturated rings. The number of unbranched alkanes of at least 4 members (excludes halogenated alkanes) is 1. The molecule has 0 unspecified atom stereocenters. The summed E-state index contributed by atoms with van der Waals surface area (Å²) in [7, 11) is 0. The molecule has 0 radical (unpaired) electrons. The van der Waals surface area contributed by atoms with Crippen LogP contribution >= 0.6 is 0 Å². The van der Waals surface area contributed by atoms with Gasteiger partial charge < -0.3 is 10.0 Å². The van der Waals surface area contributed by atoms with Crippen LogP contribution in [0.2, 0.25) is 0 Å². The Labute approximate surface area is 215 Å². The molecule has 7 heteroatoms. The topological polar surface area (TPSA) is 87.8 Å². The first-order valence-electron chi connectivity index (χ1n) is 12.4. The van der Waals surface area contributed by atoms with Gasteiger partial charge >= 0.3 is 5.97 Å². The number of aromatic nitrogens is 2. The maximum absolute atomic E-state index is 13.2. The first kappa shape index (κ1) is 24.1. The predicted molar refractivity (Wildman–Crippen MR) is 142 cm³/mol. The lowest BCUT2D eigenvalue weighted by molar-refractivity contribution is -0.137. The van der Waals surface area contributed by atoms with Crippen LogP contribution in [0.3, 0.4) is 0 Å². The zero-order valence-corrected chi connectivity index (χ0v) is 20.3. The van der Waals surface area contributed by atoms with Crippen LogP contribution in [0.25, 0.3) is 27.1 Å². The van der Waals surface area contributed by atoms with Gasteiger partial charge in [0.1, 0.15) is 0 Å². The van der Waals surface area contributed by atoms with Crippen molar-refractivity contribution in [2.75, 3.05) is 13.1 Å². The summed E-state index contributed by atoms with van der Waals surface area (Å²) in [6.07, 6.45) is 1.99. The van der Waals surface area contributed by atoms with Crippen LogP contribution in [0.15, 0.2) is 72.8 Å². The van der Waals surface area contributed by atoms with Crippen molar-refractivity contribution in [3.05, 3.63) is 101 Å². The Hall–Kier alpha value is -4.57. The van der Waals surface area contributed by atoms with Crippen LogP contribution in [-0.4, -0.2) is 44.9 Å². The molecule has 4 aromatic rings. The van der Waals surface area contributed by atoms with Crippen LogP contribution in [0.5, 0.6) is 0 Å². The molecule has 37 heavy (non-hydrogen) atoms. The summed E-state index contributed by atoms with van der Waals surface area (Å²) in [6, 6.07) is 22.9. The first-order valence-corrected chi connectivity index (χ1v) is 12.4. The summed E-state index contributed by atoms with van der Waals surface area (Å²) in [5, 5.41) is 8.97. The van der Waals surface area contributed by atoms with Crippen LogP contribution < -0.4 is 0 Å². The molecule has 0 aliphatic carbocycles. The van der Waals surface area contributed by atoms with Crippen molar-refractivity contribution >= 4 is 28.6 Å². The fourth-order valence-corrected chi connectivity index (χ4v) is 4.68. The summed E-state index contributed by atoms with van der Waals surface area (Å²) in [5.74, 6) is -0.614. The Morgan fingerprint density at radius 1 is 0.946 bits per heavy atom. The van der Waals surface area contributed by atoms with E-state index in [-0.39, 0.29) is 18.2 Å². The van der Waals surface area contributed by atoms with Crippen molar-refractivity contribution in [3.63, 3.8) is 0 Å². The van der Waals surface area contributed by atoms with Gasteiger partial charge in [0.15, 0.2) is 5.69 Å². The summed E-state index contributed by atoms with van der Waals surface area (Å²) in [4.78, 5) is 39.2. The average molecular weight is 491 g/mol. The molecule has 1 saturated heterocycles. The molecule has 0 spiro atoms. The van der Waals surface area contributed by atoms with Gasteiger partial charge in [-0.3, -0.25) is 9.59 Å². The van der Waals surface area contributed by atoms with Gasteiger partial charge in [0.2, 0.25) is 0 Å². The van der Waals surface area contributed by atoms with Gasteiger partial charge in [0.05, 0.1) is 29.0 Å². The van der Waals surface area contributed by atoms with Crippen molar-refractivity contribution in [1.29, 1.82) is 0 Å². The van der Waals surface area contributed by atoms with Gasteiger partial charge in [0, 0.05) is 36.6 Å². The van der Waals surface area contributed by atoms with Gasteiger partial charge in [-0.15, -0.1) is 0 Å². The molecule has 7 nitrogen and oxygen atoms in total. The summed E-state index contributed by atoms with van der Waals surface area (Å²) in [5.41, 5.74) is 6.18. The SMILES string of the molecule is [C-]#[N+]c1cccc(C2CN(C(=O)c3ccc4nc(-c5ccccc5)c(CCCCC(=O)O)nc4c3)C2)c1. The second kappa shape index (κ2) is 10.6. The third-order valence-electron chi connectivity index (χ3n) is 6.72. The van der Waals surface area contributed by atoms with Gasteiger partial charge in [-0.05, 0) is 37.5 Å². The predicted octanol–water partition coefficient (Wildman–Crippen LogP) is 5.88. The highest BCUT2D eigenvalue weighted by Gasteiger charge is 2.32. The number of carbonyl (C=O) groups is 2. The van der Waals surface area contributed by atoms with Gasteiger partial charge in [-0.2, -0.15) is 0 Å². The monoisotopic (exact) mass is 490 g/mol. The zero-order valence-electron chi connectivity index (χ0n) is 20.3. The minimum absolute atomic E-state index is 0.0450. The summed E-state index contributed by atoms with van der Waals surface area (Å²) in [6.45, 7) is 8.44. The van der Waals surface area contributed by atoms with Crippen molar-refractivity contribution in [2.24, 2.45) is 0 Å². The smallest absolute Gasteiger partial charge is 0.303 e. The van der Waals surface area contributed by atoms with E-state index >= 15 is 0 Å². The van der Waals surface area contributed by atoms with Crippen molar-refractivity contribution in [3.8, 4) is 11.3 Å². The third-order valence-corrected chi connectivity index (χ3v) is 6.72. The van der Waals surface area contributed by atoms with E-state index in [1.807, 2.05) is 59.5 Å².